The van der Waals surface area contributed by atoms with Crippen LogP contribution in [0.15, 0.2) is 36.4 Å². The molecule has 1 saturated heterocycles. The summed E-state index contributed by atoms with van der Waals surface area (Å²) in [7, 11) is 0. The fourth-order valence-electron chi connectivity index (χ4n) is 3.94. The van der Waals surface area contributed by atoms with Gasteiger partial charge in [-0.2, -0.15) is 5.26 Å². The van der Waals surface area contributed by atoms with Gasteiger partial charge in [-0.25, -0.2) is 9.18 Å². The normalized spacial score (nSPS) is 21.1. The molecule has 32 heavy (non-hydrogen) atoms. The Morgan fingerprint density at radius 1 is 1.31 bits per heavy atom. The molecule has 7 nitrogen and oxygen atoms in total. The summed E-state index contributed by atoms with van der Waals surface area (Å²) in [5, 5.41) is 15.2. The SMILES string of the molecule is CC1OC(=O)c2ccc(-c3ccc(C[C@@H](C#N)NC(=O)[C@@H]4CNCCCO4)c(F)c3)cc21. The molecule has 2 aliphatic heterocycles. The minimum Gasteiger partial charge on any atom is -0.454 e. The Morgan fingerprint density at radius 2 is 2.09 bits per heavy atom. The molecule has 0 aliphatic carbocycles. The maximum atomic E-state index is 14.9. The molecule has 166 valence electrons. The number of hydrogen-bond donors (Lipinski definition) is 2. The van der Waals surface area contributed by atoms with E-state index >= 15 is 0 Å². The van der Waals surface area contributed by atoms with Gasteiger partial charge in [-0.05, 0) is 54.8 Å². The summed E-state index contributed by atoms with van der Waals surface area (Å²) in [6.07, 6.45) is -0.152. The van der Waals surface area contributed by atoms with E-state index in [4.69, 9.17) is 9.47 Å². The van der Waals surface area contributed by atoms with Gasteiger partial charge in [-0.15, -0.1) is 0 Å². The lowest BCUT2D eigenvalue weighted by molar-refractivity contribution is -0.132. The summed E-state index contributed by atoms with van der Waals surface area (Å²) in [4.78, 5) is 24.2. The molecule has 2 aromatic carbocycles. The van der Waals surface area contributed by atoms with E-state index in [1.165, 1.54) is 6.07 Å². The van der Waals surface area contributed by atoms with Crippen molar-refractivity contribution in [1.29, 1.82) is 5.26 Å². The molecule has 1 unspecified atom stereocenters. The molecule has 2 aromatic rings. The van der Waals surface area contributed by atoms with Crippen molar-refractivity contribution in [2.75, 3.05) is 19.7 Å². The van der Waals surface area contributed by atoms with E-state index in [0.29, 0.717) is 29.8 Å². The molecule has 3 atom stereocenters. The second-order valence-electron chi connectivity index (χ2n) is 7.97. The molecule has 0 radical (unpaired) electrons. The molecule has 1 amide bonds. The Labute approximate surface area is 185 Å². The van der Waals surface area contributed by atoms with Crippen molar-refractivity contribution in [3.8, 4) is 17.2 Å². The summed E-state index contributed by atoms with van der Waals surface area (Å²) >= 11 is 0. The van der Waals surface area contributed by atoms with Gasteiger partial charge < -0.3 is 20.1 Å². The molecule has 1 fully saturated rings. The van der Waals surface area contributed by atoms with Gasteiger partial charge in [-0.3, -0.25) is 4.79 Å². The average molecular weight is 437 g/mol. The van der Waals surface area contributed by atoms with E-state index in [-0.39, 0.29) is 24.4 Å². The zero-order chi connectivity index (χ0) is 22.7. The van der Waals surface area contributed by atoms with E-state index < -0.39 is 18.0 Å². The number of fused-ring (bicyclic) bond motifs is 1. The van der Waals surface area contributed by atoms with Crippen LogP contribution in [0.3, 0.4) is 0 Å². The molecule has 4 rings (SSSR count). The molecule has 2 heterocycles. The number of esters is 1. The number of rotatable bonds is 5. The van der Waals surface area contributed by atoms with E-state index in [2.05, 4.69) is 10.6 Å². The van der Waals surface area contributed by atoms with Gasteiger partial charge in [0.25, 0.3) is 5.91 Å². The van der Waals surface area contributed by atoms with Crippen LogP contribution in [0.25, 0.3) is 11.1 Å². The monoisotopic (exact) mass is 437 g/mol. The molecular weight excluding hydrogens is 413 g/mol. The highest BCUT2D eigenvalue weighted by Crippen LogP contribution is 2.34. The standard InChI is InChI=1S/C24H24FN3O4/c1-14-20-10-15(5-6-19(20)24(30)32-14)16-3-4-17(21(25)11-16)9-18(12-26)28-23(29)22-13-27-7-2-8-31-22/h3-6,10-11,14,18,22,27H,2,7-9,13H2,1H3,(H,28,29)/t14?,18-,22-/m0/s1. The smallest absolute Gasteiger partial charge is 0.339 e. The number of amides is 1. The van der Waals surface area contributed by atoms with Crippen LogP contribution in [0.5, 0.6) is 0 Å². The van der Waals surface area contributed by atoms with Crippen molar-refractivity contribution in [1.82, 2.24) is 10.6 Å². The zero-order valence-corrected chi connectivity index (χ0v) is 17.7. The number of carbonyl (C=O) groups is 2. The minimum atomic E-state index is -0.876. The quantitative estimate of drug-likeness (QED) is 0.698. The lowest BCUT2D eigenvalue weighted by Crippen LogP contribution is -2.46. The molecule has 0 saturated carbocycles. The van der Waals surface area contributed by atoms with Crippen molar-refractivity contribution in [3.05, 3.63) is 58.9 Å². The third kappa shape index (κ3) is 4.64. The number of cyclic esters (lactones) is 1. The Hall–Kier alpha value is -3.28. The fraction of sp³-hybridized carbons (Fsp3) is 0.375. The van der Waals surface area contributed by atoms with Crippen LogP contribution in [0.2, 0.25) is 0 Å². The second kappa shape index (κ2) is 9.47. The number of carbonyl (C=O) groups excluding carboxylic acids is 2. The second-order valence-corrected chi connectivity index (χ2v) is 7.97. The van der Waals surface area contributed by atoms with Gasteiger partial charge in [0.05, 0.1) is 11.6 Å². The van der Waals surface area contributed by atoms with E-state index in [9.17, 15) is 19.2 Å². The molecule has 2 aliphatic rings. The summed E-state index contributed by atoms with van der Waals surface area (Å²) in [5.74, 6) is -1.20. The van der Waals surface area contributed by atoms with Crippen molar-refractivity contribution in [2.45, 2.75) is 38.0 Å². The zero-order valence-electron chi connectivity index (χ0n) is 17.7. The van der Waals surface area contributed by atoms with Crippen molar-refractivity contribution >= 4 is 11.9 Å². The topological polar surface area (TPSA) is 100 Å². The van der Waals surface area contributed by atoms with E-state index in [0.717, 1.165) is 24.1 Å². The molecule has 0 spiro atoms. The van der Waals surface area contributed by atoms with Crippen LogP contribution in [0, 0.1) is 17.1 Å². The van der Waals surface area contributed by atoms with Gasteiger partial charge in [-0.1, -0.05) is 18.2 Å². The predicted molar refractivity (Wildman–Crippen MR) is 114 cm³/mol. The predicted octanol–water partition coefficient (Wildman–Crippen LogP) is 2.65. The Bertz CT molecular complexity index is 1070. The summed E-state index contributed by atoms with van der Waals surface area (Å²) in [5.41, 5.74) is 3.05. The number of nitrogens with one attached hydrogen (secondary N) is 2. The summed E-state index contributed by atoms with van der Waals surface area (Å²) < 4.78 is 25.6. The van der Waals surface area contributed by atoms with Crippen LogP contribution in [-0.4, -0.2) is 43.7 Å². The highest BCUT2D eigenvalue weighted by Gasteiger charge is 2.28. The summed E-state index contributed by atoms with van der Waals surface area (Å²) in [6, 6.07) is 11.2. The Morgan fingerprint density at radius 3 is 2.88 bits per heavy atom. The third-order valence-electron chi connectivity index (χ3n) is 5.72. The van der Waals surface area contributed by atoms with Crippen molar-refractivity contribution < 1.29 is 23.5 Å². The highest BCUT2D eigenvalue weighted by molar-refractivity contribution is 5.94. The van der Waals surface area contributed by atoms with Gasteiger partial charge >= 0.3 is 5.97 Å². The van der Waals surface area contributed by atoms with E-state index in [1.807, 2.05) is 12.1 Å². The fourth-order valence-corrected chi connectivity index (χ4v) is 3.94. The third-order valence-corrected chi connectivity index (χ3v) is 5.72. The van der Waals surface area contributed by atoms with Crippen LogP contribution < -0.4 is 10.6 Å². The first-order chi connectivity index (χ1) is 15.5. The molecule has 0 aromatic heterocycles. The van der Waals surface area contributed by atoms with Crippen LogP contribution in [0.1, 0.15) is 40.9 Å². The van der Waals surface area contributed by atoms with Gasteiger partial charge in [0, 0.05) is 25.1 Å². The molecule has 0 bridgehead atoms. The molecule has 2 N–H and O–H groups in total. The lowest BCUT2D eigenvalue weighted by atomic mass is 9.96. The highest BCUT2D eigenvalue weighted by atomic mass is 19.1. The number of benzene rings is 2. The number of nitriles is 1. The summed E-state index contributed by atoms with van der Waals surface area (Å²) in [6.45, 7) is 3.42. The first-order valence-corrected chi connectivity index (χ1v) is 10.6. The van der Waals surface area contributed by atoms with Crippen molar-refractivity contribution in [2.24, 2.45) is 0 Å². The van der Waals surface area contributed by atoms with Crippen LogP contribution >= 0.6 is 0 Å². The maximum absolute atomic E-state index is 14.9. The van der Waals surface area contributed by atoms with Gasteiger partial charge in [0.2, 0.25) is 0 Å². The van der Waals surface area contributed by atoms with Gasteiger partial charge in [0.1, 0.15) is 24.1 Å². The van der Waals surface area contributed by atoms with E-state index in [1.54, 1.807) is 31.2 Å². The van der Waals surface area contributed by atoms with Crippen molar-refractivity contribution in [3.63, 3.8) is 0 Å². The van der Waals surface area contributed by atoms with Crippen LogP contribution in [0.4, 0.5) is 4.39 Å². The molecular formula is C24H24FN3O4. The maximum Gasteiger partial charge on any atom is 0.339 e. The first-order valence-electron chi connectivity index (χ1n) is 10.6. The Balaban J connectivity index is 1.46. The first kappa shape index (κ1) is 21.9. The Kier molecular flexibility index (Phi) is 6.49. The number of ether oxygens (including phenoxy) is 2. The number of halogens is 1. The number of hydrogen-bond acceptors (Lipinski definition) is 6. The lowest BCUT2D eigenvalue weighted by Gasteiger charge is -2.18. The number of nitrogens with zero attached hydrogens (tertiary/aromatic N) is 1. The van der Waals surface area contributed by atoms with Crippen LogP contribution in [-0.2, 0) is 20.7 Å². The average Bonchev–Trinajstić information content (AvgIpc) is 2.97. The van der Waals surface area contributed by atoms with Gasteiger partial charge in [0.15, 0.2) is 0 Å². The largest absolute Gasteiger partial charge is 0.454 e. The minimum absolute atomic E-state index is 0.0397. The molecule has 8 heteroatoms.